The lowest BCUT2D eigenvalue weighted by atomic mass is 10.0. The van der Waals surface area contributed by atoms with Crippen LogP contribution in [0, 0.1) is 0 Å². The van der Waals surface area contributed by atoms with Crippen molar-refractivity contribution in [2.45, 2.75) is 12.8 Å². The molecule has 104 valence electrons. The first kappa shape index (κ1) is 12.1. The molecule has 0 atom stereocenters. The third kappa shape index (κ3) is 2.38. The van der Waals surface area contributed by atoms with Crippen LogP contribution in [0.3, 0.4) is 0 Å². The Bertz CT molecular complexity index is 800. The van der Waals surface area contributed by atoms with Crippen molar-refractivity contribution in [3.63, 3.8) is 0 Å². The van der Waals surface area contributed by atoms with Crippen LogP contribution in [0.1, 0.15) is 12.0 Å². The number of fused-ring (bicyclic) bond motifs is 2. The zero-order chi connectivity index (χ0) is 14.1. The first-order valence-corrected chi connectivity index (χ1v) is 7.10. The maximum atomic E-state index is 4.48. The molecule has 0 radical (unpaired) electrons. The molecule has 3 aromatic rings. The summed E-state index contributed by atoms with van der Waals surface area (Å²) in [6, 6.07) is 10.2. The normalized spacial score (nSPS) is 13.5. The fourth-order valence-corrected chi connectivity index (χ4v) is 2.62. The minimum Gasteiger partial charge on any atom is -0.385 e. The van der Waals surface area contributed by atoms with E-state index in [9.17, 15) is 0 Å². The van der Waals surface area contributed by atoms with Crippen LogP contribution in [0.25, 0.3) is 11.2 Å². The Morgan fingerprint density at radius 2 is 2.00 bits per heavy atom. The van der Waals surface area contributed by atoms with Crippen molar-refractivity contribution in [1.82, 2.24) is 15.0 Å². The lowest BCUT2D eigenvalue weighted by Crippen LogP contribution is -2.11. The molecule has 2 aromatic heterocycles. The van der Waals surface area contributed by atoms with Crippen molar-refractivity contribution in [2.24, 2.45) is 0 Å². The fourth-order valence-electron chi connectivity index (χ4n) is 2.62. The standard InChI is InChI=1S/C16H15N5/c1-2-11-10-12(3-4-13(11)17-7-1)20-15-6-5-14-16(21-15)19-9-8-18-14/h3-6,8-10,17H,1-2,7H2,(H,19,20,21). The van der Waals surface area contributed by atoms with Crippen LogP contribution in [0.5, 0.6) is 0 Å². The average Bonchev–Trinajstić information content (AvgIpc) is 2.55. The van der Waals surface area contributed by atoms with Gasteiger partial charge in [-0.15, -0.1) is 0 Å². The number of aryl methyl sites for hydroxylation is 1. The predicted molar refractivity (Wildman–Crippen MR) is 83.9 cm³/mol. The molecular formula is C16H15N5. The van der Waals surface area contributed by atoms with E-state index in [-0.39, 0.29) is 0 Å². The highest BCUT2D eigenvalue weighted by Gasteiger charge is 2.09. The average molecular weight is 277 g/mol. The van der Waals surface area contributed by atoms with Crippen molar-refractivity contribution in [1.29, 1.82) is 0 Å². The lowest BCUT2D eigenvalue weighted by Gasteiger charge is -2.19. The van der Waals surface area contributed by atoms with Gasteiger partial charge in [0.05, 0.1) is 0 Å². The van der Waals surface area contributed by atoms with E-state index in [1.165, 1.54) is 17.7 Å². The molecule has 0 spiro atoms. The molecule has 0 aliphatic carbocycles. The summed E-state index contributed by atoms with van der Waals surface area (Å²) in [4.78, 5) is 12.9. The molecule has 1 aliphatic rings. The lowest BCUT2D eigenvalue weighted by molar-refractivity contribution is 0.830. The number of hydrogen-bond donors (Lipinski definition) is 2. The van der Waals surface area contributed by atoms with E-state index < -0.39 is 0 Å². The Morgan fingerprint density at radius 3 is 3.00 bits per heavy atom. The van der Waals surface area contributed by atoms with Crippen LogP contribution < -0.4 is 10.6 Å². The smallest absolute Gasteiger partial charge is 0.180 e. The van der Waals surface area contributed by atoms with Crippen LogP contribution in [-0.2, 0) is 6.42 Å². The molecular weight excluding hydrogens is 262 g/mol. The predicted octanol–water partition coefficient (Wildman–Crippen LogP) is 3.13. The molecule has 0 bridgehead atoms. The Balaban J connectivity index is 1.64. The van der Waals surface area contributed by atoms with Crippen molar-refractivity contribution >= 4 is 28.4 Å². The number of rotatable bonds is 2. The fraction of sp³-hybridized carbons (Fsp3) is 0.188. The largest absolute Gasteiger partial charge is 0.385 e. The second-order valence-corrected chi connectivity index (χ2v) is 5.12. The van der Waals surface area contributed by atoms with Gasteiger partial charge in [-0.25, -0.2) is 9.97 Å². The highest BCUT2D eigenvalue weighted by atomic mass is 15.0. The molecule has 3 heterocycles. The SMILES string of the molecule is c1cnc2nc(Nc3ccc4c(c3)CCCN4)ccc2n1. The molecule has 2 N–H and O–H groups in total. The monoisotopic (exact) mass is 277 g/mol. The quantitative estimate of drug-likeness (QED) is 0.753. The van der Waals surface area contributed by atoms with E-state index in [4.69, 9.17) is 0 Å². The summed E-state index contributed by atoms with van der Waals surface area (Å²) in [6.45, 7) is 1.06. The number of pyridine rings is 1. The van der Waals surface area contributed by atoms with Gasteiger partial charge in [-0.1, -0.05) is 0 Å². The van der Waals surface area contributed by atoms with Gasteiger partial charge in [0.15, 0.2) is 5.65 Å². The summed E-state index contributed by atoms with van der Waals surface area (Å²) in [7, 11) is 0. The van der Waals surface area contributed by atoms with Gasteiger partial charge >= 0.3 is 0 Å². The van der Waals surface area contributed by atoms with Crippen molar-refractivity contribution in [2.75, 3.05) is 17.2 Å². The van der Waals surface area contributed by atoms with E-state index in [1.807, 2.05) is 12.1 Å². The van der Waals surface area contributed by atoms with Gasteiger partial charge in [0, 0.05) is 30.3 Å². The molecule has 0 saturated carbocycles. The summed E-state index contributed by atoms with van der Waals surface area (Å²) in [5.41, 5.74) is 5.10. The number of hydrogen-bond acceptors (Lipinski definition) is 5. The Hall–Kier alpha value is -2.69. The Morgan fingerprint density at radius 1 is 1.05 bits per heavy atom. The number of anilines is 3. The topological polar surface area (TPSA) is 62.7 Å². The van der Waals surface area contributed by atoms with Gasteiger partial charge in [-0.3, -0.25) is 4.98 Å². The minimum atomic E-state index is 0.655. The summed E-state index contributed by atoms with van der Waals surface area (Å²) in [5, 5.41) is 6.76. The molecule has 0 fully saturated rings. The van der Waals surface area contributed by atoms with E-state index >= 15 is 0 Å². The van der Waals surface area contributed by atoms with E-state index in [1.54, 1.807) is 12.4 Å². The number of nitrogens with one attached hydrogen (secondary N) is 2. The van der Waals surface area contributed by atoms with E-state index in [0.717, 1.165) is 30.0 Å². The summed E-state index contributed by atoms with van der Waals surface area (Å²) >= 11 is 0. The first-order chi connectivity index (χ1) is 10.4. The van der Waals surface area contributed by atoms with Crippen molar-refractivity contribution < 1.29 is 0 Å². The van der Waals surface area contributed by atoms with Crippen LogP contribution in [-0.4, -0.2) is 21.5 Å². The molecule has 21 heavy (non-hydrogen) atoms. The highest BCUT2D eigenvalue weighted by molar-refractivity contribution is 5.73. The Kier molecular flexibility index (Phi) is 2.88. The molecule has 1 aliphatic heterocycles. The third-order valence-electron chi connectivity index (χ3n) is 3.65. The van der Waals surface area contributed by atoms with E-state index in [2.05, 4.69) is 43.8 Å². The zero-order valence-electron chi connectivity index (χ0n) is 11.5. The van der Waals surface area contributed by atoms with Crippen LogP contribution in [0.2, 0.25) is 0 Å². The van der Waals surface area contributed by atoms with E-state index in [0.29, 0.717) is 5.65 Å². The molecule has 1 aromatic carbocycles. The summed E-state index contributed by atoms with van der Waals surface area (Å²) in [5.74, 6) is 0.784. The van der Waals surface area contributed by atoms with Gasteiger partial charge in [0.2, 0.25) is 0 Å². The molecule has 0 unspecified atom stereocenters. The van der Waals surface area contributed by atoms with Gasteiger partial charge < -0.3 is 10.6 Å². The number of nitrogens with zero attached hydrogens (tertiary/aromatic N) is 3. The molecule has 4 rings (SSSR count). The van der Waals surface area contributed by atoms with Gasteiger partial charge in [0.1, 0.15) is 11.3 Å². The van der Waals surface area contributed by atoms with Crippen LogP contribution in [0.15, 0.2) is 42.7 Å². The molecule has 0 amide bonds. The maximum absolute atomic E-state index is 4.48. The minimum absolute atomic E-state index is 0.655. The molecule has 5 nitrogen and oxygen atoms in total. The van der Waals surface area contributed by atoms with Crippen molar-refractivity contribution in [3.8, 4) is 0 Å². The zero-order valence-corrected chi connectivity index (χ0v) is 11.5. The summed E-state index contributed by atoms with van der Waals surface area (Å²) < 4.78 is 0. The molecule has 0 saturated heterocycles. The highest BCUT2D eigenvalue weighted by Crippen LogP contribution is 2.26. The summed E-state index contributed by atoms with van der Waals surface area (Å²) in [6.07, 6.45) is 5.63. The van der Waals surface area contributed by atoms with Crippen LogP contribution in [0.4, 0.5) is 17.2 Å². The van der Waals surface area contributed by atoms with Gasteiger partial charge in [-0.05, 0) is 48.7 Å². The third-order valence-corrected chi connectivity index (χ3v) is 3.65. The molecule has 5 heteroatoms. The van der Waals surface area contributed by atoms with Crippen LogP contribution >= 0.6 is 0 Å². The second-order valence-electron chi connectivity index (χ2n) is 5.12. The number of aromatic nitrogens is 3. The first-order valence-electron chi connectivity index (χ1n) is 7.10. The van der Waals surface area contributed by atoms with Gasteiger partial charge in [0.25, 0.3) is 0 Å². The van der Waals surface area contributed by atoms with Crippen molar-refractivity contribution in [3.05, 3.63) is 48.3 Å². The van der Waals surface area contributed by atoms with Gasteiger partial charge in [-0.2, -0.15) is 0 Å². The number of benzene rings is 1. The maximum Gasteiger partial charge on any atom is 0.180 e. The Labute approximate surface area is 122 Å². The second kappa shape index (κ2) is 5.01.